The van der Waals surface area contributed by atoms with Crippen molar-refractivity contribution in [1.29, 1.82) is 0 Å². The molecular formula is C15H24N2. The number of rotatable bonds is 4. The Hall–Kier alpha value is -1.02. The van der Waals surface area contributed by atoms with Crippen LogP contribution in [0.25, 0.3) is 0 Å². The zero-order valence-electron chi connectivity index (χ0n) is 11.3. The molecule has 17 heavy (non-hydrogen) atoms. The van der Waals surface area contributed by atoms with E-state index in [0.29, 0.717) is 5.41 Å². The Labute approximate surface area is 105 Å². The fourth-order valence-corrected chi connectivity index (χ4v) is 2.93. The van der Waals surface area contributed by atoms with Crippen molar-refractivity contribution in [3.05, 3.63) is 29.3 Å². The van der Waals surface area contributed by atoms with Crippen LogP contribution in [0.3, 0.4) is 0 Å². The highest BCUT2D eigenvalue weighted by atomic mass is 15.1. The molecule has 2 heteroatoms. The summed E-state index contributed by atoms with van der Waals surface area (Å²) in [7, 11) is 2.19. The van der Waals surface area contributed by atoms with Crippen LogP contribution in [-0.4, -0.2) is 20.1 Å². The van der Waals surface area contributed by atoms with E-state index in [2.05, 4.69) is 44.0 Å². The molecule has 1 aliphatic rings. The quantitative estimate of drug-likeness (QED) is 0.865. The highest BCUT2D eigenvalue weighted by Crippen LogP contribution is 2.41. The zero-order chi connectivity index (χ0) is 12.5. The van der Waals surface area contributed by atoms with E-state index in [1.54, 1.807) is 0 Å². The number of nitrogens with zero attached hydrogens (tertiary/aromatic N) is 1. The lowest BCUT2D eigenvalue weighted by Crippen LogP contribution is -2.46. The van der Waals surface area contributed by atoms with Gasteiger partial charge in [0.1, 0.15) is 0 Å². The Kier molecular flexibility index (Phi) is 3.43. The molecule has 0 atom stereocenters. The van der Waals surface area contributed by atoms with Crippen LogP contribution >= 0.6 is 0 Å². The van der Waals surface area contributed by atoms with Crippen LogP contribution in [0.1, 0.15) is 30.4 Å². The van der Waals surface area contributed by atoms with Crippen molar-refractivity contribution in [3.8, 4) is 0 Å². The summed E-state index contributed by atoms with van der Waals surface area (Å²) >= 11 is 0. The zero-order valence-corrected chi connectivity index (χ0v) is 11.3. The maximum atomic E-state index is 5.93. The van der Waals surface area contributed by atoms with E-state index < -0.39 is 0 Å². The summed E-state index contributed by atoms with van der Waals surface area (Å²) in [6.45, 7) is 6.24. The van der Waals surface area contributed by atoms with Crippen molar-refractivity contribution in [1.82, 2.24) is 0 Å². The molecule has 0 amide bonds. The third kappa shape index (κ3) is 2.47. The van der Waals surface area contributed by atoms with Gasteiger partial charge in [-0.25, -0.2) is 0 Å². The van der Waals surface area contributed by atoms with Gasteiger partial charge in [-0.1, -0.05) is 24.1 Å². The second-order valence-electron chi connectivity index (χ2n) is 5.70. The highest BCUT2D eigenvalue weighted by Gasteiger charge is 2.36. The van der Waals surface area contributed by atoms with Gasteiger partial charge in [0.25, 0.3) is 0 Å². The molecule has 0 aliphatic heterocycles. The lowest BCUT2D eigenvalue weighted by atomic mass is 9.68. The lowest BCUT2D eigenvalue weighted by molar-refractivity contribution is 0.154. The minimum Gasteiger partial charge on any atom is -0.374 e. The molecule has 2 rings (SSSR count). The van der Waals surface area contributed by atoms with Crippen LogP contribution in [-0.2, 0) is 0 Å². The van der Waals surface area contributed by atoms with Crippen molar-refractivity contribution in [3.63, 3.8) is 0 Å². The van der Waals surface area contributed by atoms with Gasteiger partial charge < -0.3 is 10.6 Å². The van der Waals surface area contributed by atoms with Gasteiger partial charge in [-0.05, 0) is 44.9 Å². The maximum Gasteiger partial charge on any atom is 0.0393 e. The Morgan fingerprint density at radius 3 is 2.47 bits per heavy atom. The van der Waals surface area contributed by atoms with Crippen molar-refractivity contribution in [2.45, 2.75) is 33.1 Å². The summed E-state index contributed by atoms with van der Waals surface area (Å²) < 4.78 is 0. The molecular weight excluding hydrogens is 208 g/mol. The van der Waals surface area contributed by atoms with Crippen molar-refractivity contribution in [2.24, 2.45) is 11.1 Å². The summed E-state index contributed by atoms with van der Waals surface area (Å²) in [5.74, 6) is 0. The molecule has 0 bridgehead atoms. The molecule has 0 saturated heterocycles. The Bertz CT molecular complexity index is 388. The molecule has 94 valence electrons. The first-order chi connectivity index (χ1) is 8.06. The van der Waals surface area contributed by atoms with Crippen molar-refractivity contribution >= 4 is 5.69 Å². The summed E-state index contributed by atoms with van der Waals surface area (Å²) in [6.07, 6.45) is 3.93. The molecule has 2 N–H and O–H groups in total. The van der Waals surface area contributed by atoms with Gasteiger partial charge in [-0.2, -0.15) is 0 Å². The topological polar surface area (TPSA) is 29.3 Å². The van der Waals surface area contributed by atoms with E-state index >= 15 is 0 Å². The first kappa shape index (κ1) is 12.4. The van der Waals surface area contributed by atoms with Crippen LogP contribution in [0, 0.1) is 19.3 Å². The number of nitrogens with two attached hydrogens (primary N) is 1. The third-order valence-electron chi connectivity index (χ3n) is 4.18. The van der Waals surface area contributed by atoms with Gasteiger partial charge >= 0.3 is 0 Å². The number of hydrogen-bond acceptors (Lipinski definition) is 2. The van der Waals surface area contributed by atoms with Crippen LogP contribution < -0.4 is 10.6 Å². The summed E-state index contributed by atoms with van der Waals surface area (Å²) in [4.78, 5) is 2.38. The molecule has 0 unspecified atom stereocenters. The molecule has 2 nitrogen and oxygen atoms in total. The van der Waals surface area contributed by atoms with Crippen LogP contribution in [0.4, 0.5) is 5.69 Å². The predicted octanol–water partition coefficient (Wildman–Crippen LogP) is 2.87. The smallest absolute Gasteiger partial charge is 0.0393 e. The normalized spacial score (nSPS) is 17.6. The van der Waals surface area contributed by atoms with E-state index in [-0.39, 0.29) is 0 Å². The van der Waals surface area contributed by atoms with Crippen LogP contribution in [0.2, 0.25) is 0 Å². The Morgan fingerprint density at radius 1 is 1.29 bits per heavy atom. The van der Waals surface area contributed by atoms with Crippen molar-refractivity contribution < 1.29 is 0 Å². The van der Waals surface area contributed by atoms with E-state index in [1.165, 1.54) is 36.1 Å². The lowest BCUT2D eigenvalue weighted by Gasteiger charge is -2.44. The molecule has 1 aromatic rings. The van der Waals surface area contributed by atoms with Gasteiger partial charge in [-0.3, -0.25) is 0 Å². The number of aryl methyl sites for hydroxylation is 2. The average molecular weight is 232 g/mol. The fourth-order valence-electron chi connectivity index (χ4n) is 2.93. The van der Waals surface area contributed by atoms with Crippen molar-refractivity contribution in [2.75, 3.05) is 25.0 Å². The van der Waals surface area contributed by atoms with Gasteiger partial charge in [0.15, 0.2) is 0 Å². The maximum absolute atomic E-state index is 5.93. The number of benzene rings is 1. The monoisotopic (exact) mass is 232 g/mol. The van der Waals surface area contributed by atoms with E-state index in [1.807, 2.05) is 0 Å². The molecule has 1 aliphatic carbocycles. The molecule has 0 radical (unpaired) electrons. The summed E-state index contributed by atoms with van der Waals surface area (Å²) in [5, 5.41) is 0. The van der Waals surface area contributed by atoms with E-state index in [9.17, 15) is 0 Å². The van der Waals surface area contributed by atoms with E-state index in [4.69, 9.17) is 5.73 Å². The molecule has 1 aromatic carbocycles. The van der Waals surface area contributed by atoms with Gasteiger partial charge in [0, 0.05) is 24.7 Å². The van der Waals surface area contributed by atoms with E-state index in [0.717, 1.165) is 13.1 Å². The van der Waals surface area contributed by atoms with Gasteiger partial charge in [-0.15, -0.1) is 0 Å². The largest absolute Gasteiger partial charge is 0.374 e. The molecule has 0 spiro atoms. The van der Waals surface area contributed by atoms with Gasteiger partial charge in [0.2, 0.25) is 0 Å². The first-order valence-corrected chi connectivity index (χ1v) is 6.55. The molecule has 0 heterocycles. The first-order valence-electron chi connectivity index (χ1n) is 6.55. The number of hydrogen-bond donors (Lipinski definition) is 1. The molecule has 1 fully saturated rings. The Morgan fingerprint density at radius 2 is 2.00 bits per heavy atom. The highest BCUT2D eigenvalue weighted by molar-refractivity contribution is 5.54. The Balaban J connectivity index is 2.11. The minimum atomic E-state index is 0.381. The number of anilines is 1. The summed E-state index contributed by atoms with van der Waals surface area (Å²) in [6, 6.07) is 6.67. The third-order valence-corrected chi connectivity index (χ3v) is 4.18. The second kappa shape index (κ2) is 4.69. The summed E-state index contributed by atoms with van der Waals surface area (Å²) in [5.41, 5.74) is 10.3. The predicted molar refractivity (Wildman–Crippen MR) is 74.5 cm³/mol. The SMILES string of the molecule is Cc1ccc(N(C)CC2(CN)CCC2)c(C)c1. The average Bonchev–Trinajstić information content (AvgIpc) is 2.23. The minimum absolute atomic E-state index is 0.381. The molecule has 0 aromatic heterocycles. The van der Waals surface area contributed by atoms with Gasteiger partial charge in [0.05, 0.1) is 0 Å². The standard InChI is InChI=1S/C15H24N2/c1-12-5-6-14(13(2)9-12)17(3)11-15(10-16)7-4-8-15/h5-6,9H,4,7-8,10-11,16H2,1-3H3. The molecule has 1 saturated carbocycles. The fraction of sp³-hybridized carbons (Fsp3) is 0.600. The van der Waals surface area contributed by atoms with Crippen LogP contribution in [0.15, 0.2) is 18.2 Å². The van der Waals surface area contributed by atoms with Crippen LogP contribution in [0.5, 0.6) is 0 Å². The second-order valence-corrected chi connectivity index (χ2v) is 5.70.